The van der Waals surface area contributed by atoms with E-state index < -0.39 is 0 Å². The number of nitrogens with zero attached hydrogens (tertiary/aromatic N) is 1. The molecule has 0 heterocycles. The molecular formula is C16H33NO. The molecule has 0 bridgehead atoms. The summed E-state index contributed by atoms with van der Waals surface area (Å²) >= 11 is 0. The van der Waals surface area contributed by atoms with Crippen LogP contribution in [0.3, 0.4) is 0 Å². The number of hydrogen-bond acceptors (Lipinski definition) is 2. The third kappa shape index (κ3) is 12.1. The van der Waals surface area contributed by atoms with Gasteiger partial charge in [-0.2, -0.15) is 4.91 Å². The fraction of sp³-hybridized carbons (Fsp3) is 1.00. The average molecular weight is 255 g/mol. The summed E-state index contributed by atoms with van der Waals surface area (Å²) in [6.07, 6.45) is 16.2. The maximum absolute atomic E-state index is 10.7. The minimum absolute atomic E-state index is 0.0952. The van der Waals surface area contributed by atoms with Crippen LogP contribution in [0.1, 0.15) is 97.3 Å². The van der Waals surface area contributed by atoms with Gasteiger partial charge < -0.3 is 0 Å². The molecule has 0 rings (SSSR count). The second-order valence-electron chi connectivity index (χ2n) is 5.52. The zero-order chi connectivity index (χ0) is 13.5. The minimum atomic E-state index is 0.0952. The minimum Gasteiger partial charge on any atom is -0.151 e. The van der Waals surface area contributed by atoms with Gasteiger partial charge in [-0.3, -0.25) is 0 Å². The number of rotatable bonds is 14. The van der Waals surface area contributed by atoms with Crippen molar-refractivity contribution in [2.75, 3.05) is 0 Å². The van der Waals surface area contributed by atoms with Crippen molar-refractivity contribution in [1.82, 2.24) is 0 Å². The topological polar surface area (TPSA) is 29.4 Å². The van der Waals surface area contributed by atoms with Gasteiger partial charge in [0, 0.05) is 0 Å². The summed E-state index contributed by atoms with van der Waals surface area (Å²) in [7, 11) is 0. The second kappa shape index (κ2) is 14.7. The summed E-state index contributed by atoms with van der Waals surface area (Å²) in [5.41, 5.74) is 0. The molecule has 0 aromatic rings. The maximum atomic E-state index is 10.7. The lowest BCUT2D eigenvalue weighted by molar-refractivity contribution is 0.485. The van der Waals surface area contributed by atoms with Crippen LogP contribution in [0, 0.1) is 4.91 Å². The molecule has 2 heteroatoms. The highest BCUT2D eigenvalue weighted by molar-refractivity contribution is 4.65. The van der Waals surface area contributed by atoms with Crippen LogP contribution in [0.4, 0.5) is 0 Å². The fourth-order valence-electron chi connectivity index (χ4n) is 2.39. The summed E-state index contributed by atoms with van der Waals surface area (Å²) in [6.45, 7) is 4.47. The van der Waals surface area contributed by atoms with E-state index >= 15 is 0 Å². The van der Waals surface area contributed by atoms with Gasteiger partial charge in [-0.1, -0.05) is 89.7 Å². The summed E-state index contributed by atoms with van der Waals surface area (Å²) in [4.78, 5) is 10.7. The Bertz CT molecular complexity index is 170. The van der Waals surface area contributed by atoms with Gasteiger partial charge in [-0.15, -0.1) is 0 Å². The number of hydrogen-bond donors (Lipinski definition) is 0. The molecule has 2 nitrogen and oxygen atoms in total. The normalized spacial score (nSPS) is 12.6. The molecule has 1 unspecified atom stereocenters. The van der Waals surface area contributed by atoms with Crippen LogP contribution >= 0.6 is 0 Å². The van der Waals surface area contributed by atoms with Gasteiger partial charge in [0.2, 0.25) is 0 Å². The highest BCUT2D eigenvalue weighted by Gasteiger charge is 2.07. The number of unbranched alkanes of at least 4 members (excludes halogenated alkanes) is 9. The molecule has 0 radical (unpaired) electrons. The van der Waals surface area contributed by atoms with Gasteiger partial charge in [0.15, 0.2) is 0 Å². The molecule has 0 aliphatic carbocycles. The molecule has 0 saturated heterocycles. The molecule has 0 amide bonds. The van der Waals surface area contributed by atoms with Gasteiger partial charge in [-0.05, 0) is 12.8 Å². The molecule has 1 atom stereocenters. The quantitative estimate of drug-likeness (QED) is 0.267. The van der Waals surface area contributed by atoms with E-state index in [2.05, 4.69) is 19.0 Å². The Morgan fingerprint density at radius 1 is 0.667 bits per heavy atom. The zero-order valence-corrected chi connectivity index (χ0v) is 12.6. The van der Waals surface area contributed by atoms with Crippen LogP contribution in [0.25, 0.3) is 0 Å². The average Bonchev–Trinajstić information content (AvgIpc) is 2.40. The highest BCUT2D eigenvalue weighted by atomic mass is 16.3. The molecule has 0 N–H and O–H groups in total. The van der Waals surface area contributed by atoms with Crippen LogP contribution < -0.4 is 0 Å². The Morgan fingerprint density at radius 2 is 1.06 bits per heavy atom. The van der Waals surface area contributed by atoms with Gasteiger partial charge in [-0.25, -0.2) is 0 Å². The smallest absolute Gasteiger partial charge is 0.0919 e. The van der Waals surface area contributed by atoms with Crippen LogP contribution in [0.5, 0.6) is 0 Å². The second-order valence-corrected chi connectivity index (χ2v) is 5.52. The van der Waals surface area contributed by atoms with E-state index in [4.69, 9.17) is 0 Å². The first-order chi connectivity index (χ1) is 8.85. The van der Waals surface area contributed by atoms with E-state index in [1.165, 1.54) is 70.6 Å². The van der Waals surface area contributed by atoms with Crippen molar-refractivity contribution in [3.63, 3.8) is 0 Å². The molecule has 0 aromatic heterocycles. The first-order valence-corrected chi connectivity index (χ1v) is 8.17. The van der Waals surface area contributed by atoms with Crippen molar-refractivity contribution < 1.29 is 0 Å². The Balaban J connectivity index is 3.32. The molecular weight excluding hydrogens is 222 g/mol. The van der Waals surface area contributed by atoms with Crippen LogP contribution in [0.15, 0.2) is 5.18 Å². The summed E-state index contributed by atoms with van der Waals surface area (Å²) in [6, 6.07) is 0.0952. The Morgan fingerprint density at radius 3 is 1.44 bits per heavy atom. The SMILES string of the molecule is CCCCCCCCC(CCCCCCC)N=O. The summed E-state index contributed by atoms with van der Waals surface area (Å²) in [5, 5.41) is 3.29. The molecule has 0 spiro atoms. The highest BCUT2D eigenvalue weighted by Crippen LogP contribution is 2.15. The number of nitroso groups, excluding NO2 is 1. The first-order valence-electron chi connectivity index (χ1n) is 8.17. The van der Waals surface area contributed by atoms with Crippen LogP contribution in [0.2, 0.25) is 0 Å². The van der Waals surface area contributed by atoms with Crippen LogP contribution in [-0.2, 0) is 0 Å². The van der Waals surface area contributed by atoms with Crippen molar-refractivity contribution >= 4 is 0 Å². The zero-order valence-electron chi connectivity index (χ0n) is 12.6. The van der Waals surface area contributed by atoms with Gasteiger partial charge in [0.05, 0.1) is 6.04 Å². The van der Waals surface area contributed by atoms with Crippen molar-refractivity contribution in [3.8, 4) is 0 Å². The third-order valence-corrected chi connectivity index (χ3v) is 3.68. The Hall–Kier alpha value is -0.400. The monoisotopic (exact) mass is 255 g/mol. The molecule has 0 saturated carbocycles. The van der Waals surface area contributed by atoms with Crippen molar-refractivity contribution in [1.29, 1.82) is 0 Å². The van der Waals surface area contributed by atoms with E-state index in [0.29, 0.717) is 0 Å². The van der Waals surface area contributed by atoms with E-state index in [1.54, 1.807) is 0 Å². The first kappa shape index (κ1) is 17.6. The lowest BCUT2D eigenvalue weighted by atomic mass is 10.0. The van der Waals surface area contributed by atoms with E-state index in [0.717, 1.165) is 12.8 Å². The van der Waals surface area contributed by atoms with Gasteiger partial charge in [0.25, 0.3) is 0 Å². The Kier molecular flexibility index (Phi) is 14.3. The standard InChI is InChI=1S/C16H33NO/c1-3-5-7-9-11-13-15-16(17-18)14-12-10-8-6-4-2/h16H,3-15H2,1-2H3. The predicted molar refractivity (Wildman–Crippen MR) is 81.0 cm³/mol. The van der Waals surface area contributed by atoms with E-state index in [9.17, 15) is 4.91 Å². The maximum Gasteiger partial charge on any atom is 0.0919 e. The predicted octanol–water partition coefficient (Wildman–Crippen LogP) is 6.23. The summed E-state index contributed by atoms with van der Waals surface area (Å²) in [5.74, 6) is 0. The van der Waals surface area contributed by atoms with Crippen molar-refractivity contribution in [2.45, 2.75) is 103 Å². The summed E-state index contributed by atoms with van der Waals surface area (Å²) < 4.78 is 0. The molecule has 0 fully saturated rings. The lowest BCUT2D eigenvalue weighted by Gasteiger charge is -2.08. The van der Waals surface area contributed by atoms with Gasteiger partial charge >= 0.3 is 0 Å². The molecule has 0 aliphatic heterocycles. The van der Waals surface area contributed by atoms with Crippen LogP contribution in [-0.4, -0.2) is 6.04 Å². The van der Waals surface area contributed by atoms with Crippen molar-refractivity contribution in [2.24, 2.45) is 5.18 Å². The Labute approximate surface area is 114 Å². The largest absolute Gasteiger partial charge is 0.151 e. The van der Waals surface area contributed by atoms with E-state index in [1.807, 2.05) is 0 Å². The third-order valence-electron chi connectivity index (χ3n) is 3.68. The van der Waals surface area contributed by atoms with E-state index in [-0.39, 0.29) is 6.04 Å². The van der Waals surface area contributed by atoms with Crippen molar-refractivity contribution in [3.05, 3.63) is 4.91 Å². The molecule has 0 aromatic carbocycles. The molecule has 108 valence electrons. The van der Waals surface area contributed by atoms with Gasteiger partial charge in [0.1, 0.15) is 0 Å². The molecule has 18 heavy (non-hydrogen) atoms. The lowest BCUT2D eigenvalue weighted by Crippen LogP contribution is -2.03. The molecule has 0 aliphatic rings. The fourth-order valence-corrected chi connectivity index (χ4v) is 2.39.